The van der Waals surface area contributed by atoms with Gasteiger partial charge in [0, 0.05) is 24.0 Å². The lowest BCUT2D eigenvalue weighted by Gasteiger charge is -2.29. The van der Waals surface area contributed by atoms with Gasteiger partial charge in [0.05, 0.1) is 13.1 Å². The van der Waals surface area contributed by atoms with E-state index < -0.39 is 0 Å². The lowest BCUT2D eigenvalue weighted by atomic mass is 10.0. The van der Waals surface area contributed by atoms with E-state index in [-0.39, 0.29) is 24.9 Å². The number of nitrogens with zero attached hydrogens (tertiary/aromatic N) is 2. The molecule has 7 nitrogen and oxygen atoms in total. The van der Waals surface area contributed by atoms with E-state index in [1.54, 1.807) is 18.2 Å². The van der Waals surface area contributed by atoms with Crippen molar-refractivity contribution in [2.24, 2.45) is 0 Å². The number of benzene rings is 1. The summed E-state index contributed by atoms with van der Waals surface area (Å²) in [5, 5.41) is 2.88. The van der Waals surface area contributed by atoms with E-state index in [2.05, 4.69) is 11.4 Å². The van der Waals surface area contributed by atoms with Gasteiger partial charge in [-0.25, -0.2) is 0 Å². The minimum Gasteiger partial charge on any atom is -0.486 e. The Kier molecular flexibility index (Phi) is 7.52. The zero-order chi connectivity index (χ0) is 20.6. The molecule has 3 rings (SSSR count). The predicted molar refractivity (Wildman–Crippen MR) is 112 cm³/mol. The van der Waals surface area contributed by atoms with Crippen molar-refractivity contribution >= 4 is 17.5 Å². The molecule has 158 valence electrons. The molecule has 1 aromatic rings. The summed E-state index contributed by atoms with van der Waals surface area (Å²) in [6.07, 6.45) is 6.49. The van der Waals surface area contributed by atoms with E-state index in [1.165, 1.54) is 6.42 Å². The molecule has 1 aromatic carbocycles. The lowest BCUT2D eigenvalue weighted by Crippen LogP contribution is -2.42. The second-order valence-corrected chi connectivity index (χ2v) is 7.29. The van der Waals surface area contributed by atoms with Gasteiger partial charge in [-0.1, -0.05) is 13.0 Å². The number of ether oxygens (including phenoxy) is 2. The van der Waals surface area contributed by atoms with Gasteiger partial charge < -0.3 is 19.7 Å². The van der Waals surface area contributed by atoms with Crippen LogP contribution >= 0.6 is 0 Å². The molecule has 0 atom stereocenters. The van der Waals surface area contributed by atoms with E-state index in [0.29, 0.717) is 43.5 Å². The maximum Gasteiger partial charge on any atom is 0.240 e. The van der Waals surface area contributed by atoms with E-state index >= 15 is 0 Å². The fraction of sp³-hybridized carbons (Fsp3) is 0.545. The number of rotatable bonds is 8. The Hall–Kier alpha value is -2.54. The number of hydrogen-bond acceptors (Lipinski definition) is 5. The van der Waals surface area contributed by atoms with Gasteiger partial charge in [0.1, 0.15) is 13.2 Å². The van der Waals surface area contributed by atoms with E-state index in [1.807, 2.05) is 23.6 Å². The van der Waals surface area contributed by atoms with Crippen molar-refractivity contribution in [3.8, 4) is 11.5 Å². The molecule has 0 unspecified atom stereocenters. The van der Waals surface area contributed by atoms with Crippen molar-refractivity contribution < 1.29 is 19.1 Å². The molecule has 2 amide bonds. The molecule has 29 heavy (non-hydrogen) atoms. The van der Waals surface area contributed by atoms with Crippen molar-refractivity contribution in [1.29, 1.82) is 0 Å². The van der Waals surface area contributed by atoms with Gasteiger partial charge in [-0.05, 0) is 51.3 Å². The Morgan fingerprint density at radius 3 is 2.52 bits per heavy atom. The first-order valence-corrected chi connectivity index (χ1v) is 10.5. The summed E-state index contributed by atoms with van der Waals surface area (Å²) < 4.78 is 11.1. The molecule has 2 aliphatic rings. The van der Waals surface area contributed by atoms with Gasteiger partial charge >= 0.3 is 0 Å². The maximum absolute atomic E-state index is 12.8. The number of likely N-dealkylation sites (N-methyl/N-ethyl adjacent to an activating group) is 2. The van der Waals surface area contributed by atoms with Crippen LogP contribution in [-0.2, 0) is 9.59 Å². The molecule has 0 aromatic heterocycles. The Bertz CT molecular complexity index is 762. The summed E-state index contributed by atoms with van der Waals surface area (Å²) in [6.45, 7) is 6.66. The number of hydrogen-bond donors (Lipinski definition) is 1. The zero-order valence-corrected chi connectivity index (χ0v) is 17.4. The number of fused-ring (bicyclic) bond motifs is 1. The average molecular weight is 402 g/mol. The molecule has 1 aliphatic carbocycles. The Balaban J connectivity index is 1.55. The van der Waals surface area contributed by atoms with Crippen LogP contribution in [-0.4, -0.2) is 61.0 Å². The Labute approximate surface area is 172 Å². The van der Waals surface area contributed by atoms with Crippen LogP contribution in [0.1, 0.15) is 39.5 Å². The quantitative estimate of drug-likeness (QED) is 0.725. The highest BCUT2D eigenvalue weighted by Gasteiger charge is 2.21. The molecule has 7 heteroatoms. The largest absolute Gasteiger partial charge is 0.486 e. The Morgan fingerprint density at radius 1 is 1.03 bits per heavy atom. The van der Waals surface area contributed by atoms with Gasteiger partial charge in [0.15, 0.2) is 11.5 Å². The third-order valence-corrected chi connectivity index (χ3v) is 5.23. The van der Waals surface area contributed by atoms with Crippen molar-refractivity contribution in [3.05, 3.63) is 30.0 Å². The van der Waals surface area contributed by atoms with E-state index in [4.69, 9.17) is 9.47 Å². The fourth-order valence-electron chi connectivity index (χ4n) is 3.69. The minimum atomic E-state index is -0.156. The van der Waals surface area contributed by atoms with Crippen LogP contribution in [0.25, 0.3) is 0 Å². The normalized spacial score (nSPS) is 15.6. The first-order chi connectivity index (χ1) is 14.1. The fourth-order valence-corrected chi connectivity index (χ4v) is 3.69. The van der Waals surface area contributed by atoms with Crippen LogP contribution in [0.5, 0.6) is 11.5 Å². The maximum atomic E-state index is 12.8. The van der Waals surface area contributed by atoms with Gasteiger partial charge in [-0.3, -0.25) is 14.5 Å². The van der Waals surface area contributed by atoms with Crippen molar-refractivity contribution in [3.63, 3.8) is 0 Å². The lowest BCUT2D eigenvalue weighted by molar-refractivity contribution is -0.131. The summed E-state index contributed by atoms with van der Waals surface area (Å²) in [5.41, 5.74) is 1.78. The molecule has 1 N–H and O–H groups in total. The van der Waals surface area contributed by atoms with Gasteiger partial charge in [-0.2, -0.15) is 0 Å². The monoisotopic (exact) mass is 401 g/mol. The molecule has 0 bridgehead atoms. The van der Waals surface area contributed by atoms with Gasteiger partial charge in [0.25, 0.3) is 0 Å². The number of anilines is 1. The molecule has 1 aliphatic heterocycles. The second-order valence-electron chi connectivity index (χ2n) is 7.29. The first kappa shape index (κ1) is 21.2. The van der Waals surface area contributed by atoms with Gasteiger partial charge in [-0.15, -0.1) is 0 Å². The third-order valence-electron chi connectivity index (χ3n) is 5.23. The average Bonchev–Trinajstić information content (AvgIpc) is 2.74. The summed E-state index contributed by atoms with van der Waals surface area (Å²) >= 11 is 0. The number of carbonyl (C=O) groups excluding carboxylic acids is 2. The SMILES string of the molecule is CCN(CC(=O)Nc1ccc2c(c1)OCCO2)CC(=O)N(CC)C1=CCCCC1. The van der Waals surface area contributed by atoms with Crippen LogP contribution in [0.4, 0.5) is 5.69 Å². The summed E-state index contributed by atoms with van der Waals surface area (Å²) in [6, 6.07) is 5.35. The standard InChI is InChI=1S/C22H31N3O4/c1-3-24(16-22(27)25(4-2)18-8-6-5-7-9-18)15-21(26)23-17-10-11-19-20(14-17)29-13-12-28-19/h8,10-11,14H,3-7,9,12-13,15-16H2,1-2H3,(H,23,26). The smallest absolute Gasteiger partial charge is 0.240 e. The molecule has 0 radical (unpaired) electrons. The van der Waals surface area contributed by atoms with E-state index in [0.717, 1.165) is 25.0 Å². The highest BCUT2D eigenvalue weighted by Crippen LogP contribution is 2.32. The minimum absolute atomic E-state index is 0.0506. The first-order valence-electron chi connectivity index (χ1n) is 10.5. The van der Waals surface area contributed by atoms with Crippen molar-refractivity contribution in [1.82, 2.24) is 9.80 Å². The van der Waals surface area contributed by atoms with Crippen LogP contribution in [0.2, 0.25) is 0 Å². The highest BCUT2D eigenvalue weighted by molar-refractivity contribution is 5.93. The molecular weight excluding hydrogens is 370 g/mol. The number of allylic oxidation sites excluding steroid dienone is 2. The van der Waals surface area contributed by atoms with Crippen LogP contribution in [0, 0.1) is 0 Å². The molecular formula is C22H31N3O4. The summed E-state index contributed by atoms with van der Waals surface area (Å²) in [5.74, 6) is 1.22. The van der Waals surface area contributed by atoms with Crippen molar-refractivity contribution in [2.75, 3.05) is 44.7 Å². The number of amides is 2. The molecule has 1 heterocycles. The number of nitrogens with one attached hydrogen (secondary N) is 1. The summed E-state index contributed by atoms with van der Waals surface area (Å²) in [7, 11) is 0. The molecule has 0 saturated heterocycles. The Morgan fingerprint density at radius 2 is 1.83 bits per heavy atom. The zero-order valence-electron chi connectivity index (χ0n) is 17.4. The molecule has 0 saturated carbocycles. The van der Waals surface area contributed by atoms with Crippen LogP contribution in [0.3, 0.4) is 0 Å². The third kappa shape index (κ3) is 5.73. The van der Waals surface area contributed by atoms with Crippen molar-refractivity contribution in [2.45, 2.75) is 39.5 Å². The summed E-state index contributed by atoms with van der Waals surface area (Å²) in [4.78, 5) is 29.1. The predicted octanol–water partition coefficient (Wildman–Crippen LogP) is 3.02. The van der Waals surface area contributed by atoms with Gasteiger partial charge in [0.2, 0.25) is 11.8 Å². The molecule has 0 fully saturated rings. The second kappa shape index (κ2) is 10.3. The number of carbonyl (C=O) groups is 2. The van der Waals surface area contributed by atoms with Crippen LogP contribution < -0.4 is 14.8 Å². The highest BCUT2D eigenvalue weighted by atomic mass is 16.6. The van der Waals surface area contributed by atoms with E-state index in [9.17, 15) is 9.59 Å². The topological polar surface area (TPSA) is 71.1 Å². The van der Waals surface area contributed by atoms with Crippen LogP contribution in [0.15, 0.2) is 30.0 Å². The molecule has 0 spiro atoms.